The second-order valence-electron chi connectivity index (χ2n) is 4.98. The van der Waals surface area contributed by atoms with E-state index in [9.17, 15) is 0 Å². The Bertz CT molecular complexity index is 175. The van der Waals surface area contributed by atoms with Crippen LogP contribution in [0.1, 0.15) is 34.1 Å². The predicted octanol–water partition coefficient (Wildman–Crippen LogP) is 1.55. The predicted molar refractivity (Wildman–Crippen MR) is 50.4 cm³/mol. The van der Waals surface area contributed by atoms with Gasteiger partial charge in [0.25, 0.3) is 0 Å². The molecule has 0 aromatic rings. The maximum Gasteiger partial charge on any atom is 0.165 e. The molecule has 0 amide bonds. The van der Waals surface area contributed by atoms with Crippen molar-refractivity contribution in [3.63, 3.8) is 0 Å². The average Bonchev–Trinajstić information content (AvgIpc) is 2.03. The van der Waals surface area contributed by atoms with Crippen molar-refractivity contribution >= 4 is 0 Å². The van der Waals surface area contributed by atoms with Gasteiger partial charge in [-0.2, -0.15) is 0 Å². The molecule has 3 heteroatoms. The van der Waals surface area contributed by atoms with Crippen molar-refractivity contribution in [3.8, 4) is 0 Å². The Morgan fingerprint density at radius 2 is 2.08 bits per heavy atom. The van der Waals surface area contributed by atoms with Gasteiger partial charge in [-0.15, -0.1) is 0 Å². The standard InChI is InChI=1S/C10H20O3/c1-9(2,7-11)8-12-6-5-10(3,4)13-8/h8,11H,5-7H2,1-4H3/t8-/m1/s1. The highest BCUT2D eigenvalue weighted by Crippen LogP contribution is 2.32. The maximum atomic E-state index is 9.16. The number of hydrogen-bond donors (Lipinski definition) is 1. The molecule has 0 radical (unpaired) electrons. The molecule has 1 aliphatic heterocycles. The monoisotopic (exact) mass is 188 g/mol. The molecule has 1 N–H and O–H groups in total. The van der Waals surface area contributed by atoms with Crippen LogP contribution in [0.3, 0.4) is 0 Å². The lowest BCUT2D eigenvalue weighted by atomic mass is 9.92. The maximum absolute atomic E-state index is 9.16. The number of aliphatic hydroxyl groups excluding tert-OH is 1. The highest BCUT2D eigenvalue weighted by molar-refractivity contribution is 4.80. The average molecular weight is 188 g/mol. The van der Waals surface area contributed by atoms with Gasteiger partial charge in [0.05, 0.1) is 18.8 Å². The molecule has 0 unspecified atom stereocenters. The zero-order valence-corrected chi connectivity index (χ0v) is 8.96. The Morgan fingerprint density at radius 1 is 1.46 bits per heavy atom. The Hall–Kier alpha value is -0.120. The van der Waals surface area contributed by atoms with E-state index in [0.29, 0.717) is 6.61 Å². The smallest absolute Gasteiger partial charge is 0.165 e. The summed E-state index contributed by atoms with van der Waals surface area (Å²) in [7, 11) is 0. The summed E-state index contributed by atoms with van der Waals surface area (Å²) in [6, 6.07) is 0. The topological polar surface area (TPSA) is 38.7 Å². The molecule has 0 bridgehead atoms. The normalized spacial score (nSPS) is 28.8. The first-order chi connectivity index (χ1) is 5.87. The van der Waals surface area contributed by atoms with Crippen LogP contribution in [0.15, 0.2) is 0 Å². The van der Waals surface area contributed by atoms with Gasteiger partial charge in [-0.05, 0) is 20.3 Å². The van der Waals surface area contributed by atoms with E-state index in [1.165, 1.54) is 0 Å². The third kappa shape index (κ3) is 2.66. The molecule has 0 saturated carbocycles. The van der Waals surface area contributed by atoms with Gasteiger partial charge >= 0.3 is 0 Å². The second-order valence-corrected chi connectivity index (χ2v) is 4.98. The first-order valence-corrected chi connectivity index (χ1v) is 4.78. The third-order valence-corrected chi connectivity index (χ3v) is 2.45. The fourth-order valence-corrected chi connectivity index (χ4v) is 1.25. The fourth-order valence-electron chi connectivity index (χ4n) is 1.25. The first-order valence-electron chi connectivity index (χ1n) is 4.78. The van der Waals surface area contributed by atoms with E-state index >= 15 is 0 Å². The summed E-state index contributed by atoms with van der Waals surface area (Å²) in [6.07, 6.45) is 0.617. The molecule has 0 aromatic carbocycles. The van der Waals surface area contributed by atoms with Crippen molar-refractivity contribution in [3.05, 3.63) is 0 Å². The Labute approximate surface area is 80.0 Å². The number of ether oxygens (including phenoxy) is 2. The number of rotatable bonds is 2. The highest BCUT2D eigenvalue weighted by Gasteiger charge is 2.38. The number of hydrogen-bond acceptors (Lipinski definition) is 3. The number of aliphatic hydroxyl groups is 1. The van der Waals surface area contributed by atoms with Crippen LogP contribution in [0.5, 0.6) is 0 Å². The van der Waals surface area contributed by atoms with Gasteiger partial charge in [0.15, 0.2) is 6.29 Å². The third-order valence-electron chi connectivity index (χ3n) is 2.45. The minimum Gasteiger partial charge on any atom is -0.396 e. The van der Waals surface area contributed by atoms with E-state index in [2.05, 4.69) is 13.8 Å². The van der Waals surface area contributed by atoms with Gasteiger partial charge in [-0.1, -0.05) is 13.8 Å². The van der Waals surface area contributed by atoms with E-state index in [1.807, 2.05) is 13.8 Å². The minimum absolute atomic E-state index is 0.0771. The van der Waals surface area contributed by atoms with Crippen LogP contribution >= 0.6 is 0 Å². The van der Waals surface area contributed by atoms with Crippen molar-refractivity contribution in [2.24, 2.45) is 5.41 Å². The molecule has 0 aromatic heterocycles. The summed E-state index contributed by atoms with van der Waals surface area (Å²) in [5.41, 5.74) is -0.451. The van der Waals surface area contributed by atoms with Crippen molar-refractivity contribution in [1.29, 1.82) is 0 Å². The van der Waals surface area contributed by atoms with E-state index < -0.39 is 0 Å². The van der Waals surface area contributed by atoms with E-state index in [4.69, 9.17) is 14.6 Å². The van der Waals surface area contributed by atoms with Gasteiger partial charge in [-0.25, -0.2) is 0 Å². The van der Waals surface area contributed by atoms with Gasteiger partial charge in [0.2, 0.25) is 0 Å². The molecule has 1 aliphatic rings. The van der Waals surface area contributed by atoms with Crippen molar-refractivity contribution < 1.29 is 14.6 Å². The molecule has 1 saturated heterocycles. The lowest BCUT2D eigenvalue weighted by Gasteiger charge is -2.42. The van der Waals surface area contributed by atoms with Crippen molar-refractivity contribution in [2.45, 2.75) is 46.0 Å². The summed E-state index contributed by atoms with van der Waals surface area (Å²) in [4.78, 5) is 0. The SMILES string of the molecule is CC1(C)CCO[C@@H](C(C)(C)CO)O1. The van der Waals surface area contributed by atoms with Gasteiger partial charge in [0, 0.05) is 5.41 Å². The molecule has 13 heavy (non-hydrogen) atoms. The molecular weight excluding hydrogens is 168 g/mol. The Balaban J connectivity index is 2.61. The summed E-state index contributed by atoms with van der Waals surface area (Å²) in [5.74, 6) is 0. The summed E-state index contributed by atoms with van der Waals surface area (Å²) >= 11 is 0. The van der Waals surface area contributed by atoms with E-state index in [1.54, 1.807) is 0 Å². The molecule has 3 nitrogen and oxygen atoms in total. The van der Waals surface area contributed by atoms with Gasteiger partial charge in [0.1, 0.15) is 0 Å². The van der Waals surface area contributed by atoms with Crippen LogP contribution < -0.4 is 0 Å². The quantitative estimate of drug-likeness (QED) is 0.714. The molecule has 1 rings (SSSR count). The van der Waals surface area contributed by atoms with Gasteiger partial charge in [-0.3, -0.25) is 0 Å². The Morgan fingerprint density at radius 3 is 2.54 bits per heavy atom. The van der Waals surface area contributed by atoms with E-state index in [0.717, 1.165) is 6.42 Å². The molecule has 1 heterocycles. The minimum atomic E-state index is -0.322. The highest BCUT2D eigenvalue weighted by atomic mass is 16.7. The van der Waals surface area contributed by atoms with Gasteiger partial charge < -0.3 is 14.6 Å². The molecule has 78 valence electrons. The van der Waals surface area contributed by atoms with E-state index in [-0.39, 0.29) is 23.9 Å². The summed E-state index contributed by atoms with van der Waals surface area (Å²) in [5, 5.41) is 9.16. The zero-order valence-electron chi connectivity index (χ0n) is 8.96. The van der Waals surface area contributed by atoms with Crippen LogP contribution in [-0.4, -0.2) is 30.2 Å². The van der Waals surface area contributed by atoms with Crippen LogP contribution in [0.4, 0.5) is 0 Å². The lowest BCUT2D eigenvalue weighted by Crippen LogP contribution is -2.47. The fraction of sp³-hybridized carbons (Fsp3) is 1.00. The molecule has 0 aliphatic carbocycles. The zero-order chi connectivity index (χ0) is 10.1. The summed E-state index contributed by atoms with van der Waals surface area (Å²) < 4.78 is 11.2. The molecular formula is C10H20O3. The van der Waals surface area contributed by atoms with Crippen molar-refractivity contribution in [2.75, 3.05) is 13.2 Å². The lowest BCUT2D eigenvalue weighted by molar-refractivity contribution is -0.288. The molecule has 0 spiro atoms. The van der Waals surface area contributed by atoms with Crippen LogP contribution in [0.25, 0.3) is 0 Å². The Kier molecular flexibility index (Phi) is 3.00. The first kappa shape index (κ1) is 11.0. The van der Waals surface area contributed by atoms with Crippen LogP contribution in [-0.2, 0) is 9.47 Å². The largest absolute Gasteiger partial charge is 0.396 e. The van der Waals surface area contributed by atoms with Crippen molar-refractivity contribution in [1.82, 2.24) is 0 Å². The molecule has 1 fully saturated rings. The van der Waals surface area contributed by atoms with Crippen LogP contribution in [0, 0.1) is 5.41 Å². The molecule has 1 atom stereocenters. The second kappa shape index (κ2) is 3.56. The summed E-state index contributed by atoms with van der Waals surface area (Å²) in [6.45, 7) is 8.78. The van der Waals surface area contributed by atoms with Crippen LogP contribution in [0.2, 0.25) is 0 Å².